The van der Waals surface area contributed by atoms with Crippen LogP contribution in [0.3, 0.4) is 0 Å². The highest BCUT2D eigenvalue weighted by atomic mass is 16.5. The van der Waals surface area contributed by atoms with Gasteiger partial charge in [0.25, 0.3) is 0 Å². The lowest BCUT2D eigenvalue weighted by Gasteiger charge is -2.31. The summed E-state index contributed by atoms with van der Waals surface area (Å²) in [5.41, 5.74) is 0.573. The van der Waals surface area contributed by atoms with E-state index >= 15 is 0 Å². The predicted octanol–water partition coefficient (Wildman–Crippen LogP) is 3.05. The van der Waals surface area contributed by atoms with Crippen LogP contribution in [0.15, 0.2) is 24.3 Å². The molecule has 1 aromatic carbocycles. The molecule has 1 atom stereocenters. The summed E-state index contributed by atoms with van der Waals surface area (Å²) in [7, 11) is 0. The van der Waals surface area contributed by atoms with Crippen molar-refractivity contribution in [2.24, 2.45) is 11.3 Å². The maximum atomic E-state index is 12.9. The van der Waals surface area contributed by atoms with Gasteiger partial charge in [-0.15, -0.1) is 0 Å². The molecule has 3 rings (SSSR count). The van der Waals surface area contributed by atoms with Crippen molar-refractivity contribution >= 4 is 5.78 Å². The Kier molecular flexibility index (Phi) is 3.55. The number of carbonyl (C=O) groups excluding carboxylic acids is 1. The van der Waals surface area contributed by atoms with Gasteiger partial charge in [0.2, 0.25) is 0 Å². The summed E-state index contributed by atoms with van der Waals surface area (Å²) in [5.74, 6) is 1.51. The standard InChI is InChI=1S/C17H23NO2/c1-12(2)17(9-10-18-11-17)16(19)13-3-5-14(6-4-13)20-15-7-8-15/h3-6,12,15,18H,7-11H2,1-2H3. The average molecular weight is 273 g/mol. The van der Waals surface area contributed by atoms with Crippen molar-refractivity contribution in [1.29, 1.82) is 0 Å². The number of Topliss-reactive ketones (excluding diaryl/α,β-unsaturated/α-hetero) is 1. The molecular formula is C17H23NO2. The summed E-state index contributed by atoms with van der Waals surface area (Å²) in [6, 6.07) is 7.70. The van der Waals surface area contributed by atoms with Crippen molar-refractivity contribution in [3.05, 3.63) is 29.8 Å². The van der Waals surface area contributed by atoms with Gasteiger partial charge in [0.15, 0.2) is 5.78 Å². The molecule has 2 aliphatic rings. The summed E-state index contributed by atoms with van der Waals surface area (Å²) in [6.45, 7) is 6.03. The molecule has 20 heavy (non-hydrogen) atoms. The molecule has 1 unspecified atom stereocenters. The number of ketones is 1. The fraction of sp³-hybridized carbons (Fsp3) is 0.588. The number of carbonyl (C=O) groups is 1. The molecule has 1 N–H and O–H groups in total. The van der Waals surface area contributed by atoms with Crippen LogP contribution in [0.5, 0.6) is 5.75 Å². The fourth-order valence-corrected chi connectivity index (χ4v) is 3.01. The minimum Gasteiger partial charge on any atom is -0.490 e. The maximum Gasteiger partial charge on any atom is 0.170 e. The maximum absolute atomic E-state index is 12.9. The van der Waals surface area contributed by atoms with Crippen LogP contribution in [-0.4, -0.2) is 25.0 Å². The molecule has 1 saturated heterocycles. The van der Waals surface area contributed by atoms with Gasteiger partial charge in [-0.05, 0) is 56.0 Å². The van der Waals surface area contributed by atoms with Gasteiger partial charge in [-0.1, -0.05) is 13.8 Å². The molecule has 0 bridgehead atoms. The number of hydrogen-bond acceptors (Lipinski definition) is 3. The molecular weight excluding hydrogens is 250 g/mol. The van der Waals surface area contributed by atoms with E-state index in [1.165, 1.54) is 0 Å². The van der Waals surface area contributed by atoms with E-state index < -0.39 is 0 Å². The Balaban J connectivity index is 1.78. The summed E-state index contributed by atoms with van der Waals surface area (Å²) in [6.07, 6.45) is 3.65. The average Bonchev–Trinajstić information content (AvgIpc) is 3.11. The first-order chi connectivity index (χ1) is 9.62. The van der Waals surface area contributed by atoms with Crippen molar-refractivity contribution in [2.45, 2.75) is 39.2 Å². The fourth-order valence-electron chi connectivity index (χ4n) is 3.01. The highest BCUT2D eigenvalue weighted by molar-refractivity contribution is 6.01. The van der Waals surface area contributed by atoms with Gasteiger partial charge in [-0.3, -0.25) is 4.79 Å². The first-order valence-corrected chi connectivity index (χ1v) is 7.64. The molecule has 2 fully saturated rings. The van der Waals surface area contributed by atoms with Gasteiger partial charge in [0.05, 0.1) is 6.10 Å². The molecule has 1 aliphatic heterocycles. The van der Waals surface area contributed by atoms with Gasteiger partial charge in [0.1, 0.15) is 5.75 Å². The Morgan fingerprint density at radius 2 is 2.00 bits per heavy atom. The zero-order valence-corrected chi connectivity index (χ0v) is 12.3. The molecule has 108 valence electrons. The second-order valence-corrected chi connectivity index (χ2v) is 6.41. The molecule has 1 aromatic rings. The van der Waals surface area contributed by atoms with Crippen LogP contribution in [0.2, 0.25) is 0 Å². The topological polar surface area (TPSA) is 38.3 Å². The third-order valence-corrected chi connectivity index (χ3v) is 4.69. The van der Waals surface area contributed by atoms with Crippen molar-refractivity contribution in [1.82, 2.24) is 5.32 Å². The Bertz CT molecular complexity index is 482. The van der Waals surface area contributed by atoms with E-state index in [2.05, 4.69) is 19.2 Å². The molecule has 0 spiro atoms. The summed E-state index contributed by atoms with van der Waals surface area (Å²) < 4.78 is 5.73. The van der Waals surface area contributed by atoms with Crippen molar-refractivity contribution < 1.29 is 9.53 Å². The molecule has 0 aromatic heterocycles. The lowest BCUT2D eigenvalue weighted by molar-refractivity contribution is 0.0740. The van der Waals surface area contributed by atoms with Crippen LogP contribution >= 0.6 is 0 Å². The Hall–Kier alpha value is -1.35. The lowest BCUT2D eigenvalue weighted by Crippen LogP contribution is -2.38. The van der Waals surface area contributed by atoms with Gasteiger partial charge in [-0.2, -0.15) is 0 Å². The lowest BCUT2D eigenvalue weighted by atomic mass is 9.71. The minimum absolute atomic E-state index is 0.237. The summed E-state index contributed by atoms with van der Waals surface area (Å²) in [4.78, 5) is 12.9. The third kappa shape index (κ3) is 2.47. The normalized spacial score (nSPS) is 25.9. The van der Waals surface area contributed by atoms with Crippen LogP contribution in [0, 0.1) is 11.3 Å². The monoisotopic (exact) mass is 273 g/mol. The van der Waals surface area contributed by atoms with E-state index in [4.69, 9.17) is 4.74 Å². The first kappa shape index (κ1) is 13.6. The van der Waals surface area contributed by atoms with E-state index in [9.17, 15) is 4.79 Å². The van der Waals surface area contributed by atoms with E-state index in [0.29, 0.717) is 12.0 Å². The third-order valence-electron chi connectivity index (χ3n) is 4.69. The highest BCUT2D eigenvalue weighted by Gasteiger charge is 2.43. The number of rotatable bonds is 5. The van der Waals surface area contributed by atoms with Gasteiger partial charge in [0, 0.05) is 17.5 Å². The zero-order valence-electron chi connectivity index (χ0n) is 12.3. The van der Waals surface area contributed by atoms with Crippen molar-refractivity contribution in [3.63, 3.8) is 0 Å². The quantitative estimate of drug-likeness (QED) is 0.838. The second kappa shape index (κ2) is 5.21. The minimum atomic E-state index is -0.237. The van der Waals surface area contributed by atoms with E-state index in [0.717, 1.165) is 43.7 Å². The SMILES string of the molecule is CC(C)C1(C(=O)c2ccc(OC3CC3)cc2)CCNC1. The molecule has 0 amide bonds. The number of ether oxygens (including phenoxy) is 1. The molecule has 0 radical (unpaired) electrons. The Labute approximate surface area is 120 Å². The van der Waals surface area contributed by atoms with Gasteiger partial charge in [-0.25, -0.2) is 0 Å². The highest BCUT2D eigenvalue weighted by Crippen LogP contribution is 2.38. The van der Waals surface area contributed by atoms with Crippen LogP contribution < -0.4 is 10.1 Å². The number of nitrogens with one attached hydrogen (secondary N) is 1. The second-order valence-electron chi connectivity index (χ2n) is 6.41. The molecule has 3 nitrogen and oxygen atoms in total. The van der Waals surface area contributed by atoms with E-state index in [1.54, 1.807) is 0 Å². The van der Waals surface area contributed by atoms with Gasteiger partial charge < -0.3 is 10.1 Å². The van der Waals surface area contributed by atoms with Crippen LogP contribution in [-0.2, 0) is 0 Å². The molecule has 3 heteroatoms. The summed E-state index contributed by atoms with van der Waals surface area (Å²) in [5, 5.41) is 3.35. The smallest absolute Gasteiger partial charge is 0.170 e. The van der Waals surface area contributed by atoms with Crippen LogP contribution in [0.1, 0.15) is 43.5 Å². The van der Waals surface area contributed by atoms with Crippen LogP contribution in [0.4, 0.5) is 0 Å². The molecule has 1 aliphatic carbocycles. The van der Waals surface area contributed by atoms with E-state index in [-0.39, 0.29) is 11.2 Å². The largest absolute Gasteiger partial charge is 0.490 e. The van der Waals surface area contributed by atoms with Crippen molar-refractivity contribution in [3.8, 4) is 5.75 Å². The Morgan fingerprint density at radius 1 is 1.30 bits per heavy atom. The number of benzene rings is 1. The molecule has 1 heterocycles. The zero-order chi connectivity index (χ0) is 14.2. The first-order valence-electron chi connectivity index (χ1n) is 7.64. The summed E-state index contributed by atoms with van der Waals surface area (Å²) >= 11 is 0. The van der Waals surface area contributed by atoms with Crippen molar-refractivity contribution in [2.75, 3.05) is 13.1 Å². The van der Waals surface area contributed by atoms with Gasteiger partial charge >= 0.3 is 0 Å². The predicted molar refractivity (Wildman–Crippen MR) is 79.2 cm³/mol. The Morgan fingerprint density at radius 3 is 2.50 bits per heavy atom. The molecule has 1 saturated carbocycles. The van der Waals surface area contributed by atoms with E-state index in [1.807, 2.05) is 24.3 Å². The van der Waals surface area contributed by atoms with Crippen LogP contribution in [0.25, 0.3) is 0 Å². The number of hydrogen-bond donors (Lipinski definition) is 1.